The number of aromatic nitrogens is 3. The molecule has 0 saturated heterocycles. The lowest BCUT2D eigenvalue weighted by atomic mass is 10.0. The van der Waals surface area contributed by atoms with Crippen LogP contribution in [-0.2, 0) is 6.42 Å². The minimum absolute atomic E-state index is 0.00254. The van der Waals surface area contributed by atoms with Gasteiger partial charge in [-0.15, -0.1) is 0 Å². The Hall–Kier alpha value is -3.67. The first-order chi connectivity index (χ1) is 20.1. The van der Waals surface area contributed by atoms with E-state index in [1.165, 1.54) is 16.8 Å². The molecule has 8 nitrogen and oxygen atoms in total. The zero-order chi connectivity index (χ0) is 30.4. The molecular formula is C30H35ClF3N7O. The average molecular weight is 602 g/mol. The summed E-state index contributed by atoms with van der Waals surface area (Å²) in [5.74, 6) is -1.24. The highest BCUT2D eigenvalue weighted by Crippen LogP contribution is 2.31. The molecule has 0 unspecified atom stereocenters. The van der Waals surface area contributed by atoms with Crippen LogP contribution in [0.4, 0.5) is 13.2 Å². The van der Waals surface area contributed by atoms with Crippen molar-refractivity contribution >= 4 is 28.5 Å². The highest BCUT2D eigenvalue weighted by atomic mass is 35.5. The lowest BCUT2D eigenvalue weighted by molar-refractivity contribution is 0.516. The van der Waals surface area contributed by atoms with Crippen LogP contribution in [0.25, 0.3) is 28.0 Å². The summed E-state index contributed by atoms with van der Waals surface area (Å²) in [5.41, 5.74) is 7.77. The quantitative estimate of drug-likeness (QED) is 0.0780. The van der Waals surface area contributed by atoms with Gasteiger partial charge in [-0.05, 0) is 82.0 Å². The van der Waals surface area contributed by atoms with Gasteiger partial charge in [-0.1, -0.05) is 17.7 Å². The van der Waals surface area contributed by atoms with Crippen LogP contribution in [0, 0.1) is 17.0 Å². The smallest absolute Gasteiger partial charge is 0.354 e. The van der Waals surface area contributed by atoms with Crippen molar-refractivity contribution in [3.05, 3.63) is 80.9 Å². The number of aromatic amines is 1. The molecule has 2 aromatic carbocycles. The second-order valence-corrected chi connectivity index (χ2v) is 10.9. The summed E-state index contributed by atoms with van der Waals surface area (Å²) in [7, 11) is 0. The van der Waals surface area contributed by atoms with Crippen molar-refractivity contribution in [1.29, 1.82) is 5.41 Å². The van der Waals surface area contributed by atoms with E-state index in [2.05, 4.69) is 20.6 Å². The van der Waals surface area contributed by atoms with E-state index < -0.39 is 24.0 Å². The number of amidine groups is 1. The van der Waals surface area contributed by atoms with Crippen LogP contribution in [0.5, 0.6) is 0 Å². The number of nitrogens with zero attached hydrogens (tertiary/aromatic N) is 2. The third kappa shape index (κ3) is 7.58. The van der Waals surface area contributed by atoms with E-state index in [-0.39, 0.29) is 34.2 Å². The highest BCUT2D eigenvalue weighted by molar-refractivity contribution is 6.31. The van der Waals surface area contributed by atoms with E-state index in [0.717, 1.165) is 18.4 Å². The van der Waals surface area contributed by atoms with Gasteiger partial charge >= 0.3 is 5.69 Å². The van der Waals surface area contributed by atoms with Crippen LogP contribution in [0.1, 0.15) is 50.3 Å². The minimum atomic E-state index is -0.838. The number of H-pyrrole nitrogens is 1. The Morgan fingerprint density at radius 1 is 1.17 bits per heavy atom. The number of alkyl halides is 1. The monoisotopic (exact) mass is 601 g/mol. The Kier molecular flexibility index (Phi) is 10.4. The first-order valence-electron chi connectivity index (χ1n) is 13.8. The molecule has 0 aliphatic rings. The molecule has 0 radical (unpaired) electrons. The highest BCUT2D eigenvalue weighted by Gasteiger charge is 2.17. The number of aryl methyl sites for hydroxylation is 1. The van der Waals surface area contributed by atoms with E-state index in [1.54, 1.807) is 30.3 Å². The van der Waals surface area contributed by atoms with Gasteiger partial charge in [-0.2, -0.15) is 4.98 Å². The van der Waals surface area contributed by atoms with Gasteiger partial charge in [0.25, 0.3) is 0 Å². The van der Waals surface area contributed by atoms with E-state index >= 15 is 8.78 Å². The van der Waals surface area contributed by atoms with Gasteiger partial charge in [0, 0.05) is 41.3 Å². The summed E-state index contributed by atoms with van der Waals surface area (Å²) >= 11 is 6.20. The van der Waals surface area contributed by atoms with Crippen molar-refractivity contribution in [1.82, 2.24) is 25.2 Å². The third-order valence-electron chi connectivity index (χ3n) is 7.02. The summed E-state index contributed by atoms with van der Waals surface area (Å²) in [4.78, 5) is 20.0. The number of halogens is 4. The van der Waals surface area contributed by atoms with Gasteiger partial charge < -0.3 is 21.4 Å². The number of fused-ring (bicyclic) bond motifs is 1. The van der Waals surface area contributed by atoms with Crippen molar-refractivity contribution in [2.45, 2.75) is 51.6 Å². The zero-order valence-electron chi connectivity index (χ0n) is 23.5. The van der Waals surface area contributed by atoms with E-state index in [0.29, 0.717) is 48.3 Å². The van der Waals surface area contributed by atoms with Crippen molar-refractivity contribution in [3.63, 3.8) is 0 Å². The number of hydrogen-bond acceptors (Lipinski definition) is 5. The second kappa shape index (κ2) is 14.0. The van der Waals surface area contributed by atoms with Crippen LogP contribution in [0.2, 0.25) is 5.02 Å². The molecule has 4 aromatic rings. The number of hydrogen-bond donors (Lipinski definition) is 5. The molecule has 0 bridgehead atoms. The van der Waals surface area contributed by atoms with Crippen LogP contribution in [-0.4, -0.2) is 46.2 Å². The fourth-order valence-corrected chi connectivity index (χ4v) is 5.00. The number of rotatable bonds is 13. The Morgan fingerprint density at radius 2 is 1.95 bits per heavy atom. The fourth-order valence-electron chi connectivity index (χ4n) is 4.76. The molecule has 12 heteroatoms. The van der Waals surface area contributed by atoms with Crippen LogP contribution >= 0.6 is 11.6 Å². The molecule has 0 aliphatic heterocycles. The minimum Gasteiger partial charge on any atom is -0.372 e. The summed E-state index contributed by atoms with van der Waals surface area (Å²) in [6, 6.07) is 9.28. The summed E-state index contributed by atoms with van der Waals surface area (Å²) in [6.45, 7) is 3.88. The molecule has 0 aliphatic carbocycles. The number of nitrogens with one attached hydrogen (secondary N) is 4. The molecule has 6 N–H and O–H groups in total. The van der Waals surface area contributed by atoms with Gasteiger partial charge in [0.1, 0.15) is 24.0 Å². The van der Waals surface area contributed by atoms with Crippen molar-refractivity contribution in [3.8, 4) is 16.9 Å². The maximum Gasteiger partial charge on any atom is 0.354 e. The number of nitrogens with two attached hydrogens (primary N) is 1. The third-order valence-corrected chi connectivity index (χ3v) is 7.29. The molecule has 0 fully saturated rings. The van der Waals surface area contributed by atoms with Gasteiger partial charge in [-0.3, -0.25) is 9.98 Å². The Labute approximate surface area is 247 Å². The SMILES string of the molecule is C[C@H](N)CCCc1cc(Cl)c(F)c(-c2cc3cn(-c4ccc([C@H](C)NCCCNC(=N)CF)c(F)c4)c(=O)nc3[nH]2)c1. The topological polar surface area (TPSA) is 125 Å². The molecule has 2 heterocycles. The van der Waals surface area contributed by atoms with Crippen molar-refractivity contribution < 1.29 is 13.2 Å². The predicted octanol–water partition coefficient (Wildman–Crippen LogP) is 5.56. The zero-order valence-corrected chi connectivity index (χ0v) is 24.3. The predicted molar refractivity (Wildman–Crippen MR) is 161 cm³/mol. The Balaban J connectivity index is 1.53. The Morgan fingerprint density at radius 3 is 2.67 bits per heavy atom. The largest absolute Gasteiger partial charge is 0.372 e. The fraction of sp³-hybridized carbons (Fsp3) is 0.367. The maximum absolute atomic E-state index is 15.1. The van der Waals surface area contributed by atoms with Crippen LogP contribution in [0.3, 0.4) is 0 Å². The molecule has 224 valence electrons. The van der Waals surface area contributed by atoms with E-state index in [1.807, 2.05) is 13.8 Å². The van der Waals surface area contributed by atoms with Crippen LogP contribution in [0.15, 0.2) is 47.4 Å². The van der Waals surface area contributed by atoms with Crippen LogP contribution < -0.4 is 22.1 Å². The summed E-state index contributed by atoms with van der Waals surface area (Å²) in [6.07, 6.45) is 4.52. The molecule has 42 heavy (non-hydrogen) atoms. The summed E-state index contributed by atoms with van der Waals surface area (Å²) in [5, 5.41) is 13.7. The molecule has 2 aromatic heterocycles. The molecule has 2 atom stereocenters. The molecule has 4 rings (SSSR count). The number of benzene rings is 2. The molecular weight excluding hydrogens is 567 g/mol. The lowest BCUT2D eigenvalue weighted by Gasteiger charge is -2.16. The molecule has 0 saturated carbocycles. The van der Waals surface area contributed by atoms with Gasteiger partial charge in [0.2, 0.25) is 0 Å². The van der Waals surface area contributed by atoms with E-state index in [4.69, 9.17) is 22.7 Å². The van der Waals surface area contributed by atoms with Gasteiger partial charge in [0.15, 0.2) is 5.82 Å². The molecule has 0 spiro atoms. The summed E-state index contributed by atoms with van der Waals surface area (Å²) < 4.78 is 43.7. The van der Waals surface area contributed by atoms with Gasteiger partial charge in [-0.25, -0.2) is 18.0 Å². The maximum atomic E-state index is 15.1. The first-order valence-corrected chi connectivity index (χ1v) is 14.2. The van der Waals surface area contributed by atoms with Crippen molar-refractivity contribution in [2.75, 3.05) is 19.8 Å². The standard InChI is InChI=1S/C30H35ClF3N7O/c1-17(35)5-3-6-19-11-23(28(34)24(31)12-19)26-13-20-16-41(30(42)40-29(20)39-26)21-7-8-22(25(33)14-21)18(2)37-9-4-10-38-27(36)15-32/h7-8,11-14,16-18,37H,3-6,9-10,15,35H2,1-2H3,(H2,36,38)(H,39,40,42)/t17-,18-/m0/s1. The average Bonchev–Trinajstić information content (AvgIpc) is 3.36. The lowest BCUT2D eigenvalue weighted by Crippen LogP contribution is -2.28. The molecule has 0 amide bonds. The second-order valence-electron chi connectivity index (χ2n) is 10.5. The first kappa shape index (κ1) is 31.3. The van der Waals surface area contributed by atoms with Crippen molar-refractivity contribution in [2.24, 2.45) is 5.73 Å². The van der Waals surface area contributed by atoms with E-state index in [9.17, 15) is 9.18 Å². The van der Waals surface area contributed by atoms with Gasteiger partial charge in [0.05, 0.1) is 16.4 Å². The Bertz CT molecular complexity index is 1620. The normalized spacial score (nSPS) is 12.9.